The molecule has 7 heteroatoms. The van der Waals surface area contributed by atoms with Gasteiger partial charge in [-0.15, -0.1) is 0 Å². The second-order valence-electron chi connectivity index (χ2n) is 10.6. The Morgan fingerprint density at radius 3 is 2.54 bits per heavy atom. The quantitative estimate of drug-likeness (QED) is 0.193. The minimum Gasteiger partial charge on any atom is -0.494 e. The van der Waals surface area contributed by atoms with Gasteiger partial charge in [-0.3, -0.25) is 14.6 Å². The van der Waals surface area contributed by atoms with Crippen LogP contribution in [0.5, 0.6) is 5.75 Å². The van der Waals surface area contributed by atoms with Crippen molar-refractivity contribution in [2.24, 2.45) is 5.41 Å². The van der Waals surface area contributed by atoms with E-state index >= 15 is 0 Å². The molecule has 1 amide bonds. The molecule has 1 saturated carbocycles. The first kappa shape index (κ1) is 30.0. The predicted molar refractivity (Wildman–Crippen MR) is 162 cm³/mol. The molecule has 2 N–H and O–H groups in total. The lowest BCUT2D eigenvalue weighted by atomic mass is 9.82. The van der Waals surface area contributed by atoms with E-state index in [4.69, 9.17) is 9.47 Å². The molecule has 1 fully saturated rings. The number of amides is 1. The number of unbranched alkanes of at least 4 members (excludes halogenated alkanes) is 1. The number of hydrogen-bond donors (Lipinski definition) is 2. The molecular formula is C34H40N2O5. The van der Waals surface area contributed by atoms with Crippen LogP contribution in [-0.2, 0) is 27.4 Å². The number of aryl methyl sites for hydroxylation is 1. The van der Waals surface area contributed by atoms with Crippen LogP contribution in [0.2, 0.25) is 0 Å². The first-order valence-corrected chi connectivity index (χ1v) is 14.5. The van der Waals surface area contributed by atoms with Crippen molar-refractivity contribution in [1.29, 1.82) is 0 Å². The first-order valence-electron chi connectivity index (χ1n) is 14.5. The van der Waals surface area contributed by atoms with E-state index < -0.39 is 11.4 Å². The smallest absolute Gasteiger partial charge is 0.310 e. The van der Waals surface area contributed by atoms with Gasteiger partial charge >= 0.3 is 5.97 Å². The van der Waals surface area contributed by atoms with Gasteiger partial charge in [0.2, 0.25) is 5.91 Å². The number of hydrogen-bond acceptors (Lipinski definition) is 5. The average molecular weight is 557 g/mol. The van der Waals surface area contributed by atoms with E-state index in [-0.39, 0.29) is 12.3 Å². The Bertz CT molecular complexity index is 1310. The summed E-state index contributed by atoms with van der Waals surface area (Å²) in [5.74, 6) is -0.226. The van der Waals surface area contributed by atoms with E-state index in [1.165, 1.54) is 5.56 Å². The second-order valence-corrected chi connectivity index (χ2v) is 10.6. The molecule has 1 heterocycles. The third-order valence-corrected chi connectivity index (χ3v) is 7.45. The lowest BCUT2D eigenvalue weighted by molar-refractivity contribution is -0.150. The Labute approximate surface area is 242 Å². The summed E-state index contributed by atoms with van der Waals surface area (Å²) in [6, 6.07) is 21.6. The normalized spacial score (nSPS) is 14.3. The third-order valence-electron chi connectivity index (χ3n) is 7.45. The topological polar surface area (TPSA) is 97.8 Å². The molecule has 41 heavy (non-hydrogen) atoms. The highest BCUT2D eigenvalue weighted by atomic mass is 16.5. The number of ether oxygens (including phenoxy) is 2. The van der Waals surface area contributed by atoms with Gasteiger partial charge in [-0.1, -0.05) is 49.2 Å². The van der Waals surface area contributed by atoms with Gasteiger partial charge in [0.15, 0.2) is 0 Å². The maximum Gasteiger partial charge on any atom is 0.310 e. The standard InChI is InChI=1S/C34H40N2O5/c1-2-41-31-18-15-26(16-19-31)9-3-6-22-40-25-30-13-8-11-28(35-30)17-14-27-10-7-12-29(23-27)36-32(37)24-34(33(38)39)20-4-5-21-34/h7-8,10-19,23H,2-6,9,20-22,24-25H2,1H3,(H,36,37)(H,38,39)/b17-14+. The molecule has 3 aromatic rings. The summed E-state index contributed by atoms with van der Waals surface area (Å²) in [6.45, 7) is 3.81. The van der Waals surface area contributed by atoms with Gasteiger partial charge < -0.3 is 19.9 Å². The maximum absolute atomic E-state index is 12.6. The number of rotatable bonds is 15. The molecule has 7 nitrogen and oxygen atoms in total. The lowest BCUT2D eigenvalue weighted by Gasteiger charge is -2.22. The summed E-state index contributed by atoms with van der Waals surface area (Å²) in [5, 5.41) is 12.5. The zero-order valence-corrected chi connectivity index (χ0v) is 23.8. The predicted octanol–water partition coefficient (Wildman–Crippen LogP) is 7.16. The van der Waals surface area contributed by atoms with Crippen molar-refractivity contribution >= 4 is 29.7 Å². The highest BCUT2D eigenvalue weighted by Gasteiger charge is 2.42. The van der Waals surface area contributed by atoms with Gasteiger partial charge in [-0.05, 0) is 92.6 Å². The van der Waals surface area contributed by atoms with E-state index in [9.17, 15) is 14.7 Å². The van der Waals surface area contributed by atoms with Crippen molar-refractivity contribution in [3.8, 4) is 5.75 Å². The number of carbonyl (C=O) groups is 2. The molecule has 1 aromatic heterocycles. The van der Waals surface area contributed by atoms with Crippen molar-refractivity contribution in [3.05, 3.63) is 89.2 Å². The van der Waals surface area contributed by atoms with Gasteiger partial charge in [0.25, 0.3) is 0 Å². The number of nitrogens with zero attached hydrogens (tertiary/aromatic N) is 1. The van der Waals surface area contributed by atoms with Crippen LogP contribution in [0, 0.1) is 5.41 Å². The van der Waals surface area contributed by atoms with Crippen LogP contribution in [0.15, 0.2) is 66.7 Å². The van der Waals surface area contributed by atoms with Gasteiger partial charge in [0, 0.05) is 18.7 Å². The highest BCUT2D eigenvalue weighted by Crippen LogP contribution is 2.41. The number of benzene rings is 2. The van der Waals surface area contributed by atoms with Crippen molar-refractivity contribution < 1.29 is 24.2 Å². The molecular weight excluding hydrogens is 516 g/mol. The van der Waals surface area contributed by atoms with E-state index in [1.807, 2.05) is 73.7 Å². The summed E-state index contributed by atoms with van der Waals surface area (Å²) < 4.78 is 11.4. The molecule has 1 aliphatic rings. The Kier molecular flexibility index (Phi) is 11.1. The lowest BCUT2D eigenvalue weighted by Crippen LogP contribution is -2.32. The fourth-order valence-electron chi connectivity index (χ4n) is 5.23. The molecule has 0 unspecified atom stereocenters. The number of nitrogens with one attached hydrogen (secondary N) is 1. The summed E-state index contributed by atoms with van der Waals surface area (Å²) >= 11 is 0. The largest absolute Gasteiger partial charge is 0.494 e. The van der Waals surface area contributed by atoms with Crippen LogP contribution in [0.3, 0.4) is 0 Å². The Balaban J connectivity index is 1.21. The van der Waals surface area contributed by atoms with E-state index in [2.05, 4.69) is 22.4 Å². The fraction of sp³-hybridized carbons (Fsp3) is 0.382. The third kappa shape index (κ3) is 9.29. The summed E-state index contributed by atoms with van der Waals surface area (Å²) in [7, 11) is 0. The monoisotopic (exact) mass is 556 g/mol. The Morgan fingerprint density at radius 2 is 1.78 bits per heavy atom. The van der Waals surface area contributed by atoms with Crippen LogP contribution < -0.4 is 10.1 Å². The van der Waals surface area contributed by atoms with Crippen molar-refractivity contribution in [1.82, 2.24) is 4.98 Å². The number of pyridine rings is 1. The Hall–Kier alpha value is -3.97. The van der Waals surface area contributed by atoms with Crippen LogP contribution in [0.25, 0.3) is 12.2 Å². The first-order chi connectivity index (χ1) is 20.0. The molecule has 0 spiro atoms. The van der Waals surface area contributed by atoms with Gasteiger partial charge in [0.1, 0.15) is 5.75 Å². The summed E-state index contributed by atoms with van der Waals surface area (Å²) in [6.07, 6.45) is 9.76. The average Bonchev–Trinajstić information content (AvgIpc) is 3.45. The van der Waals surface area contributed by atoms with E-state index in [1.54, 1.807) is 0 Å². The van der Waals surface area contributed by atoms with E-state index in [0.29, 0.717) is 38.3 Å². The summed E-state index contributed by atoms with van der Waals surface area (Å²) in [5.41, 5.74) is 3.62. The van der Waals surface area contributed by atoms with Crippen molar-refractivity contribution in [2.75, 3.05) is 18.5 Å². The molecule has 4 rings (SSSR count). The summed E-state index contributed by atoms with van der Waals surface area (Å²) in [4.78, 5) is 29.1. The minimum absolute atomic E-state index is 0.00390. The van der Waals surface area contributed by atoms with Crippen LogP contribution in [0.4, 0.5) is 5.69 Å². The molecule has 216 valence electrons. The van der Waals surface area contributed by atoms with Crippen LogP contribution in [-0.4, -0.2) is 35.2 Å². The zero-order valence-electron chi connectivity index (χ0n) is 23.8. The molecule has 0 bridgehead atoms. The van der Waals surface area contributed by atoms with Gasteiger partial charge in [0.05, 0.1) is 30.0 Å². The molecule has 0 aliphatic heterocycles. The number of aliphatic carboxylic acids is 1. The van der Waals surface area contributed by atoms with Crippen LogP contribution >= 0.6 is 0 Å². The molecule has 0 saturated heterocycles. The molecule has 2 aromatic carbocycles. The number of carboxylic acid groups (broad SMARTS) is 1. The molecule has 0 atom stereocenters. The SMILES string of the molecule is CCOc1ccc(CCCCOCc2cccc(/C=C/c3cccc(NC(=O)CC4(C(=O)O)CCCC4)c3)n2)cc1. The highest BCUT2D eigenvalue weighted by molar-refractivity contribution is 5.94. The van der Waals surface area contributed by atoms with E-state index in [0.717, 1.165) is 54.8 Å². The minimum atomic E-state index is -0.932. The number of aromatic nitrogens is 1. The Morgan fingerprint density at radius 1 is 1.00 bits per heavy atom. The zero-order chi connectivity index (χ0) is 28.9. The van der Waals surface area contributed by atoms with Gasteiger partial charge in [-0.2, -0.15) is 0 Å². The van der Waals surface area contributed by atoms with Crippen LogP contribution in [0.1, 0.15) is 74.4 Å². The van der Waals surface area contributed by atoms with Crippen molar-refractivity contribution in [3.63, 3.8) is 0 Å². The number of carboxylic acids is 1. The van der Waals surface area contributed by atoms with Crippen molar-refractivity contribution in [2.45, 2.75) is 64.9 Å². The van der Waals surface area contributed by atoms with Gasteiger partial charge in [-0.25, -0.2) is 0 Å². The maximum atomic E-state index is 12.6. The fourth-order valence-corrected chi connectivity index (χ4v) is 5.23. The molecule has 1 aliphatic carbocycles. The molecule has 0 radical (unpaired) electrons. The second kappa shape index (κ2) is 15.1. The number of carbonyl (C=O) groups excluding carboxylic acids is 1. The number of anilines is 1.